The van der Waals surface area contributed by atoms with E-state index in [1.165, 1.54) is 0 Å². The van der Waals surface area contributed by atoms with Gasteiger partial charge in [-0.1, -0.05) is 57.9 Å². The standard InChI is InChI=1S/C17H16BrClN6O/c1-25(9-12-6-7-13(18)8-14(12)19)15(16(20)26)10-2-4-11(5-3-10)17-21-23-24-22-17/h2-8,15H,9H2,1H3,(H2,20,26)(H,21,22,23,24). The number of amides is 1. The van der Waals surface area contributed by atoms with Crippen molar-refractivity contribution in [2.24, 2.45) is 5.73 Å². The molecule has 0 aliphatic heterocycles. The number of hydrogen-bond acceptors (Lipinski definition) is 5. The fourth-order valence-electron chi connectivity index (χ4n) is 2.74. The van der Waals surface area contributed by atoms with E-state index in [-0.39, 0.29) is 0 Å². The van der Waals surface area contributed by atoms with Crippen LogP contribution in [0.5, 0.6) is 0 Å². The van der Waals surface area contributed by atoms with Crippen molar-refractivity contribution in [1.82, 2.24) is 25.5 Å². The fraction of sp³-hybridized carbons (Fsp3) is 0.176. The van der Waals surface area contributed by atoms with Crippen LogP contribution in [0.25, 0.3) is 11.4 Å². The van der Waals surface area contributed by atoms with Crippen LogP contribution in [0.1, 0.15) is 17.2 Å². The van der Waals surface area contributed by atoms with Crippen molar-refractivity contribution in [1.29, 1.82) is 0 Å². The molecule has 0 saturated heterocycles. The van der Waals surface area contributed by atoms with Crippen LogP contribution >= 0.6 is 27.5 Å². The molecular weight excluding hydrogens is 420 g/mol. The van der Waals surface area contributed by atoms with E-state index in [1.54, 1.807) is 0 Å². The Balaban J connectivity index is 1.83. The Bertz CT molecular complexity index is 900. The van der Waals surface area contributed by atoms with Crippen molar-refractivity contribution in [2.45, 2.75) is 12.6 Å². The van der Waals surface area contributed by atoms with E-state index >= 15 is 0 Å². The van der Waals surface area contributed by atoms with Gasteiger partial charge in [-0.05, 0) is 35.5 Å². The Labute approximate surface area is 163 Å². The molecule has 0 bridgehead atoms. The smallest absolute Gasteiger partial charge is 0.239 e. The molecule has 9 heteroatoms. The van der Waals surface area contributed by atoms with Gasteiger partial charge in [-0.2, -0.15) is 5.21 Å². The molecule has 0 fully saturated rings. The molecule has 7 nitrogen and oxygen atoms in total. The number of aromatic nitrogens is 4. The van der Waals surface area contributed by atoms with Crippen LogP contribution in [0.2, 0.25) is 5.02 Å². The lowest BCUT2D eigenvalue weighted by atomic mass is 10.0. The summed E-state index contributed by atoms with van der Waals surface area (Å²) in [6.45, 7) is 0.478. The minimum Gasteiger partial charge on any atom is -0.368 e. The van der Waals surface area contributed by atoms with Gasteiger partial charge in [0, 0.05) is 21.6 Å². The third-order valence-corrected chi connectivity index (χ3v) is 4.82. The lowest BCUT2D eigenvalue weighted by Crippen LogP contribution is -2.35. The van der Waals surface area contributed by atoms with Gasteiger partial charge in [0.2, 0.25) is 11.7 Å². The summed E-state index contributed by atoms with van der Waals surface area (Å²) in [7, 11) is 1.83. The lowest BCUT2D eigenvalue weighted by molar-refractivity contribution is -0.123. The number of carbonyl (C=O) groups excluding carboxylic acids is 1. The molecule has 26 heavy (non-hydrogen) atoms. The van der Waals surface area contributed by atoms with Gasteiger partial charge in [0.1, 0.15) is 6.04 Å². The molecule has 0 radical (unpaired) electrons. The summed E-state index contributed by atoms with van der Waals surface area (Å²) in [6, 6.07) is 12.4. The lowest BCUT2D eigenvalue weighted by Gasteiger charge is -2.26. The van der Waals surface area contributed by atoms with Gasteiger partial charge in [0.25, 0.3) is 0 Å². The van der Waals surface area contributed by atoms with E-state index in [1.807, 2.05) is 54.4 Å². The Morgan fingerprint density at radius 1 is 1.31 bits per heavy atom. The first kappa shape index (κ1) is 18.5. The number of likely N-dealkylation sites (N-methyl/N-ethyl adjacent to an activating group) is 1. The zero-order valence-electron chi connectivity index (χ0n) is 13.9. The summed E-state index contributed by atoms with van der Waals surface area (Å²) in [4.78, 5) is 13.9. The second kappa shape index (κ2) is 7.94. The number of halogens is 2. The number of H-pyrrole nitrogens is 1. The summed E-state index contributed by atoms with van der Waals surface area (Å²) in [6.07, 6.45) is 0. The van der Waals surface area contributed by atoms with Crippen LogP contribution < -0.4 is 5.73 Å². The molecule has 3 rings (SSSR count). The Morgan fingerprint density at radius 3 is 2.62 bits per heavy atom. The summed E-state index contributed by atoms with van der Waals surface area (Å²) >= 11 is 9.67. The van der Waals surface area contributed by atoms with Crippen LogP contribution in [0.15, 0.2) is 46.9 Å². The van der Waals surface area contributed by atoms with Crippen molar-refractivity contribution in [3.63, 3.8) is 0 Å². The molecule has 1 unspecified atom stereocenters. The molecule has 0 spiro atoms. The number of nitrogens with two attached hydrogens (primary N) is 1. The molecule has 0 aliphatic carbocycles. The molecule has 1 amide bonds. The second-order valence-electron chi connectivity index (χ2n) is 5.81. The molecule has 3 N–H and O–H groups in total. The predicted molar refractivity (Wildman–Crippen MR) is 102 cm³/mol. The van der Waals surface area contributed by atoms with Crippen molar-refractivity contribution in [3.05, 3.63) is 63.1 Å². The number of rotatable bonds is 6. The van der Waals surface area contributed by atoms with E-state index in [0.29, 0.717) is 17.4 Å². The zero-order valence-corrected chi connectivity index (χ0v) is 16.2. The highest BCUT2D eigenvalue weighted by Gasteiger charge is 2.23. The highest BCUT2D eigenvalue weighted by molar-refractivity contribution is 9.10. The van der Waals surface area contributed by atoms with E-state index in [4.69, 9.17) is 17.3 Å². The van der Waals surface area contributed by atoms with Gasteiger partial charge in [-0.3, -0.25) is 9.69 Å². The monoisotopic (exact) mass is 434 g/mol. The van der Waals surface area contributed by atoms with Gasteiger partial charge >= 0.3 is 0 Å². The number of carbonyl (C=O) groups is 1. The summed E-state index contributed by atoms with van der Waals surface area (Å²) < 4.78 is 0.900. The summed E-state index contributed by atoms with van der Waals surface area (Å²) in [5.41, 5.74) is 8.14. The highest BCUT2D eigenvalue weighted by Crippen LogP contribution is 2.27. The maximum absolute atomic E-state index is 12.1. The molecule has 2 aromatic carbocycles. The molecular formula is C17H16BrClN6O. The maximum atomic E-state index is 12.1. The first-order valence-corrected chi connectivity index (χ1v) is 8.90. The van der Waals surface area contributed by atoms with E-state index in [9.17, 15) is 4.79 Å². The van der Waals surface area contributed by atoms with Crippen molar-refractivity contribution >= 4 is 33.4 Å². The first-order valence-electron chi connectivity index (χ1n) is 7.73. The van der Waals surface area contributed by atoms with E-state index in [0.717, 1.165) is 21.2 Å². The molecule has 1 heterocycles. The third-order valence-electron chi connectivity index (χ3n) is 3.98. The normalized spacial score (nSPS) is 12.3. The summed E-state index contributed by atoms with van der Waals surface area (Å²) in [5.74, 6) is 0.0511. The van der Waals surface area contributed by atoms with Crippen LogP contribution in [0, 0.1) is 0 Å². The molecule has 0 aliphatic rings. The molecule has 3 aromatic rings. The average Bonchev–Trinajstić information content (AvgIpc) is 3.12. The maximum Gasteiger partial charge on any atom is 0.239 e. The number of benzene rings is 2. The van der Waals surface area contributed by atoms with Gasteiger partial charge in [-0.25, -0.2) is 0 Å². The number of hydrogen-bond donors (Lipinski definition) is 2. The largest absolute Gasteiger partial charge is 0.368 e. The van der Waals surface area contributed by atoms with E-state index in [2.05, 4.69) is 36.6 Å². The average molecular weight is 436 g/mol. The van der Waals surface area contributed by atoms with Gasteiger partial charge in [-0.15, -0.1) is 10.2 Å². The summed E-state index contributed by atoms with van der Waals surface area (Å²) in [5, 5.41) is 14.4. The Morgan fingerprint density at radius 2 is 2.04 bits per heavy atom. The highest BCUT2D eigenvalue weighted by atomic mass is 79.9. The van der Waals surface area contributed by atoms with Crippen LogP contribution in [-0.2, 0) is 11.3 Å². The van der Waals surface area contributed by atoms with Crippen molar-refractivity contribution < 1.29 is 4.79 Å². The van der Waals surface area contributed by atoms with Crippen LogP contribution in [0.3, 0.4) is 0 Å². The number of primary amides is 1. The fourth-order valence-corrected chi connectivity index (χ4v) is 3.48. The minimum absolute atomic E-state index is 0.437. The molecule has 0 saturated carbocycles. The number of nitrogens with zero attached hydrogens (tertiary/aromatic N) is 4. The van der Waals surface area contributed by atoms with Gasteiger partial charge < -0.3 is 5.73 Å². The van der Waals surface area contributed by atoms with Gasteiger partial charge in [0.15, 0.2) is 0 Å². The number of nitrogens with one attached hydrogen (secondary N) is 1. The number of tetrazole rings is 1. The second-order valence-corrected chi connectivity index (χ2v) is 7.14. The SMILES string of the molecule is CN(Cc1ccc(Br)cc1Cl)C(C(N)=O)c1ccc(-c2nn[nH]n2)cc1. The molecule has 134 valence electrons. The first-order chi connectivity index (χ1) is 12.5. The van der Waals surface area contributed by atoms with Gasteiger partial charge in [0.05, 0.1) is 0 Å². The Kier molecular flexibility index (Phi) is 5.65. The number of aromatic amines is 1. The predicted octanol–water partition coefficient (Wildman–Crippen LogP) is 2.94. The van der Waals surface area contributed by atoms with Crippen LogP contribution in [0.4, 0.5) is 0 Å². The molecule has 1 atom stereocenters. The third kappa shape index (κ3) is 4.09. The van der Waals surface area contributed by atoms with Crippen LogP contribution in [-0.4, -0.2) is 38.5 Å². The topological polar surface area (TPSA) is 101 Å². The zero-order chi connectivity index (χ0) is 18.7. The Hall–Kier alpha value is -2.29. The van der Waals surface area contributed by atoms with Crippen molar-refractivity contribution in [3.8, 4) is 11.4 Å². The van der Waals surface area contributed by atoms with Crippen molar-refractivity contribution in [2.75, 3.05) is 7.05 Å². The quantitative estimate of drug-likeness (QED) is 0.620. The minimum atomic E-state index is -0.589. The van der Waals surface area contributed by atoms with E-state index < -0.39 is 11.9 Å². The molecule has 1 aromatic heterocycles.